The molecule has 25 heavy (non-hydrogen) atoms. The number of hydrogen-bond acceptors (Lipinski definition) is 8. The van der Waals surface area contributed by atoms with Crippen LogP contribution in [0.4, 0.5) is 10.8 Å². The number of nitrogens with one attached hydrogen (secondary N) is 2. The molecular weight excluding hydrogens is 368 g/mol. The highest BCUT2D eigenvalue weighted by molar-refractivity contribution is 7.94. The number of ether oxygens (including phenoxy) is 1. The Hall–Kier alpha value is -2.53. The maximum Gasteiger partial charge on any atom is 0.339 e. The van der Waals surface area contributed by atoms with Crippen LogP contribution in [0.1, 0.15) is 24.2 Å². The molecular formula is C14H16N4O5S2. The third kappa shape index (κ3) is 4.51. The van der Waals surface area contributed by atoms with E-state index >= 15 is 0 Å². The normalized spacial score (nSPS) is 11.2. The molecule has 2 aromatic rings. The van der Waals surface area contributed by atoms with E-state index < -0.39 is 16.0 Å². The number of hydrogen-bond donors (Lipinski definition) is 2. The molecule has 0 saturated carbocycles. The number of esters is 1. The number of amides is 1. The fourth-order valence-corrected chi connectivity index (χ4v) is 3.65. The molecule has 0 unspecified atom stereocenters. The van der Waals surface area contributed by atoms with Crippen molar-refractivity contribution in [1.29, 1.82) is 0 Å². The molecule has 1 amide bonds. The van der Waals surface area contributed by atoms with Crippen LogP contribution in [0, 0.1) is 5.92 Å². The summed E-state index contributed by atoms with van der Waals surface area (Å²) in [6, 6.07) is 6.00. The zero-order valence-electron chi connectivity index (χ0n) is 13.6. The van der Waals surface area contributed by atoms with Gasteiger partial charge in [0.2, 0.25) is 11.0 Å². The van der Waals surface area contributed by atoms with Gasteiger partial charge in [-0.1, -0.05) is 37.3 Å². The summed E-state index contributed by atoms with van der Waals surface area (Å²) in [6.07, 6.45) is 0. The molecule has 0 aliphatic heterocycles. The van der Waals surface area contributed by atoms with E-state index in [1.165, 1.54) is 19.2 Å². The minimum absolute atomic E-state index is 0.0531. The van der Waals surface area contributed by atoms with Crippen molar-refractivity contribution >= 4 is 44.1 Å². The summed E-state index contributed by atoms with van der Waals surface area (Å²) in [5.41, 5.74) is 0.115. The van der Waals surface area contributed by atoms with Crippen molar-refractivity contribution in [3.05, 3.63) is 29.8 Å². The van der Waals surface area contributed by atoms with E-state index in [0.717, 1.165) is 0 Å². The summed E-state index contributed by atoms with van der Waals surface area (Å²) in [5, 5.41) is 9.77. The number of rotatable bonds is 6. The number of carbonyl (C=O) groups excluding carboxylic acids is 2. The second-order valence-corrected chi connectivity index (χ2v) is 7.99. The van der Waals surface area contributed by atoms with Crippen LogP contribution in [0.3, 0.4) is 0 Å². The quantitative estimate of drug-likeness (QED) is 0.573. The van der Waals surface area contributed by atoms with Gasteiger partial charge in [-0.05, 0) is 12.1 Å². The number of para-hydroxylation sites is 1. The fourth-order valence-electron chi connectivity index (χ4n) is 1.67. The first kappa shape index (κ1) is 18.8. The van der Waals surface area contributed by atoms with E-state index in [9.17, 15) is 18.0 Å². The van der Waals surface area contributed by atoms with Crippen LogP contribution in [-0.2, 0) is 19.6 Å². The van der Waals surface area contributed by atoms with Gasteiger partial charge in [0.15, 0.2) is 0 Å². The zero-order valence-corrected chi connectivity index (χ0v) is 15.3. The van der Waals surface area contributed by atoms with E-state index in [1.807, 2.05) is 0 Å². The van der Waals surface area contributed by atoms with Crippen LogP contribution in [-0.4, -0.2) is 37.6 Å². The number of anilines is 2. The van der Waals surface area contributed by atoms with Crippen molar-refractivity contribution in [2.45, 2.75) is 18.2 Å². The molecule has 0 bridgehead atoms. The van der Waals surface area contributed by atoms with Gasteiger partial charge in [-0.25, -0.2) is 4.79 Å². The van der Waals surface area contributed by atoms with E-state index in [1.54, 1.807) is 26.0 Å². The number of carbonyl (C=O) groups is 2. The number of benzene rings is 1. The standard InChI is InChI=1S/C14H16N4O5S2/c1-8(2)11(19)15-13-16-17-14(24-13)25(21,22)18-10-7-5-4-6-9(10)12(20)23-3/h4-8,18H,1-3H3,(H,15,16,19). The molecule has 0 spiro atoms. The topological polar surface area (TPSA) is 127 Å². The van der Waals surface area contributed by atoms with Gasteiger partial charge in [0.1, 0.15) is 0 Å². The highest BCUT2D eigenvalue weighted by Crippen LogP contribution is 2.24. The molecule has 134 valence electrons. The molecule has 0 radical (unpaired) electrons. The zero-order chi connectivity index (χ0) is 18.6. The van der Waals surface area contributed by atoms with Crippen molar-refractivity contribution in [2.75, 3.05) is 17.1 Å². The Bertz CT molecular complexity index is 892. The molecule has 1 heterocycles. The Morgan fingerprint density at radius 2 is 1.88 bits per heavy atom. The van der Waals surface area contributed by atoms with Crippen molar-refractivity contribution in [2.24, 2.45) is 5.92 Å². The minimum Gasteiger partial charge on any atom is -0.465 e. The Kier molecular flexibility index (Phi) is 5.69. The molecule has 0 aliphatic carbocycles. The van der Waals surface area contributed by atoms with Gasteiger partial charge < -0.3 is 10.1 Å². The minimum atomic E-state index is -4.08. The summed E-state index contributed by atoms with van der Waals surface area (Å²) in [5.74, 6) is -1.27. The molecule has 1 aromatic heterocycles. The first-order valence-corrected chi connectivity index (χ1v) is 9.39. The van der Waals surface area contributed by atoms with Crippen LogP contribution in [0.15, 0.2) is 28.6 Å². The largest absolute Gasteiger partial charge is 0.465 e. The maximum atomic E-state index is 12.4. The van der Waals surface area contributed by atoms with E-state index in [-0.39, 0.29) is 32.5 Å². The average molecular weight is 384 g/mol. The van der Waals surface area contributed by atoms with Crippen LogP contribution in [0.2, 0.25) is 0 Å². The number of methoxy groups -OCH3 is 1. The summed E-state index contributed by atoms with van der Waals surface area (Å²) in [6.45, 7) is 3.39. The van der Waals surface area contributed by atoms with Crippen molar-refractivity contribution in [1.82, 2.24) is 10.2 Å². The summed E-state index contributed by atoms with van der Waals surface area (Å²) in [7, 11) is -2.88. The highest BCUT2D eigenvalue weighted by Gasteiger charge is 2.23. The van der Waals surface area contributed by atoms with Crippen LogP contribution >= 0.6 is 11.3 Å². The Morgan fingerprint density at radius 3 is 2.52 bits per heavy atom. The predicted octanol–water partition coefficient (Wildman–Crippen LogP) is 1.72. The predicted molar refractivity (Wildman–Crippen MR) is 92.0 cm³/mol. The molecule has 2 rings (SSSR count). The van der Waals surface area contributed by atoms with Gasteiger partial charge in [-0.15, -0.1) is 10.2 Å². The summed E-state index contributed by atoms with van der Waals surface area (Å²) < 4.78 is 31.4. The van der Waals surface area contributed by atoms with Gasteiger partial charge in [-0.3, -0.25) is 9.52 Å². The Labute approximate surface area is 148 Å². The van der Waals surface area contributed by atoms with Gasteiger partial charge in [0, 0.05) is 5.92 Å². The van der Waals surface area contributed by atoms with Crippen LogP contribution in [0.5, 0.6) is 0 Å². The van der Waals surface area contributed by atoms with E-state index in [4.69, 9.17) is 0 Å². The summed E-state index contributed by atoms with van der Waals surface area (Å²) in [4.78, 5) is 23.3. The smallest absolute Gasteiger partial charge is 0.339 e. The van der Waals surface area contributed by atoms with Crippen molar-refractivity contribution < 1.29 is 22.7 Å². The Morgan fingerprint density at radius 1 is 1.20 bits per heavy atom. The molecule has 9 nitrogen and oxygen atoms in total. The van der Waals surface area contributed by atoms with Crippen molar-refractivity contribution in [3.8, 4) is 0 Å². The average Bonchev–Trinajstić information content (AvgIpc) is 3.03. The van der Waals surface area contributed by atoms with Gasteiger partial charge in [0.25, 0.3) is 14.4 Å². The third-order valence-corrected chi connectivity index (χ3v) is 5.54. The number of nitrogens with zero attached hydrogens (tertiary/aromatic N) is 2. The van der Waals surface area contributed by atoms with E-state index in [2.05, 4.69) is 25.0 Å². The summed E-state index contributed by atoms with van der Waals surface area (Å²) >= 11 is 0.704. The molecule has 1 aromatic carbocycles. The first-order chi connectivity index (χ1) is 11.7. The lowest BCUT2D eigenvalue weighted by Crippen LogP contribution is -2.17. The van der Waals surface area contributed by atoms with E-state index in [0.29, 0.717) is 11.3 Å². The van der Waals surface area contributed by atoms with Crippen LogP contribution < -0.4 is 10.0 Å². The lowest BCUT2D eigenvalue weighted by atomic mass is 10.2. The highest BCUT2D eigenvalue weighted by atomic mass is 32.2. The molecule has 0 aliphatic rings. The second kappa shape index (κ2) is 7.57. The molecule has 0 saturated heterocycles. The van der Waals surface area contributed by atoms with Crippen molar-refractivity contribution in [3.63, 3.8) is 0 Å². The lowest BCUT2D eigenvalue weighted by Gasteiger charge is -2.09. The maximum absolute atomic E-state index is 12.4. The molecule has 0 atom stereocenters. The molecule has 11 heteroatoms. The van der Waals surface area contributed by atoms with Gasteiger partial charge >= 0.3 is 5.97 Å². The second-order valence-electron chi connectivity index (χ2n) is 5.16. The lowest BCUT2D eigenvalue weighted by molar-refractivity contribution is -0.118. The molecule has 0 fully saturated rings. The Balaban J connectivity index is 2.25. The first-order valence-electron chi connectivity index (χ1n) is 7.09. The van der Waals surface area contributed by atoms with Crippen LogP contribution in [0.25, 0.3) is 0 Å². The fraction of sp³-hybridized carbons (Fsp3) is 0.286. The SMILES string of the molecule is COC(=O)c1ccccc1NS(=O)(=O)c1nnc(NC(=O)C(C)C)s1. The van der Waals surface area contributed by atoms with Gasteiger partial charge in [0.05, 0.1) is 18.4 Å². The number of aromatic nitrogens is 2. The monoisotopic (exact) mass is 384 g/mol. The van der Waals surface area contributed by atoms with Gasteiger partial charge in [-0.2, -0.15) is 8.42 Å². The molecule has 2 N–H and O–H groups in total. The number of sulfonamides is 1. The third-order valence-electron chi connectivity index (χ3n) is 2.97.